The number of nitrogens with one attached hydrogen (secondary N) is 3. The molecule has 2 aromatic rings. The molecule has 6 heteroatoms. The van der Waals surface area contributed by atoms with Crippen LogP contribution in [0, 0.1) is 18.3 Å². The van der Waals surface area contributed by atoms with Crippen molar-refractivity contribution in [2.75, 3.05) is 18.4 Å². The van der Waals surface area contributed by atoms with Gasteiger partial charge in [-0.05, 0) is 56.1 Å². The SMILES string of the molecule is Cc1ccc2cc(C#N)c(NCCCNC(=S)NC3CCCCC3)nc2c1. The molecule has 1 aliphatic rings. The zero-order valence-corrected chi connectivity index (χ0v) is 16.7. The average molecular weight is 382 g/mol. The van der Waals surface area contributed by atoms with Crippen LogP contribution in [0.1, 0.15) is 49.7 Å². The van der Waals surface area contributed by atoms with E-state index in [2.05, 4.69) is 27.0 Å². The highest BCUT2D eigenvalue weighted by Crippen LogP contribution is 2.21. The highest BCUT2D eigenvalue weighted by Gasteiger charge is 2.13. The van der Waals surface area contributed by atoms with Gasteiger partial charge in [0.25, 0.3) is 0 Å². The molecule has 1 aromatic carbocycles. The van der Waals surface area contributed by atoms with Gasteiger partial charge in [-0.1, -0.05) is 31.4 Å². The summed E-state index contributed by atoms with van der Waals surface area (Å²) in [5, 5.41) is 21.1. The molecule has 1 heterocycles. The van der Waals surface area contributed by atoms with Crippen molar-refractivity contribution in [2.24, 2.45) is 0 Å². The molecule has 1 saturated carbocycles. The quantitative estimate of drug-likeness (QED) is 0.519. The van der Waals surface area contributed by atoms with Crippen molar-refractivity contribution >= 4 is 34.1 Å². The number of hydrogen-bond donors (Lipinski definition) is 3. The number of pyridine rings is 1. The summed E-state index contributed by atoms with van der Waals surface area (Å²) in [5.41, 5.74) is 2.65. The lowest BCUT2D eigenvalue weighted by molar-refractivity contribution is 0.412. The first-order valence-electron chi connectivity index (χ1n) is 9.75. The summed E-state index contributed by atoms with van der Waals surface area (Å²) in [7, 11) is 0. The molecule has 5 nitrogen and oxygen atoms in total. The van der Waals surface area contributed by atoms with Gasteiger partial charge in [-0.15, -0.1) is 0 Å². The predicted molar refractivity (Wildman–Crippen MR) is 115 cm³/mol. The second-order valence-electron chi connectivity index (χ2n) is 7.21. The number of benzene rings is 1. The van der Waals surface area contributed by atoms with Gasteiger partial charge in [-0.3, -0.25) is 0 Å². The fourth-order valence-corrected chi connectivity index (χ4v) is 3.75. The Morgan fingerprint density at radius 1 is 1.22 bits per heavy atom. The van der Waals surface area contributed by atoms with Gasteiger partial charge in [0.2, 0.25) is 0 Å². The summed E-state index contributed by atoms with van der Waals surface area (Å²) in [5.74, 6) is 0.651. The molecule has 1 fully saturated rings. The Morgan fingerprint density at radius 3 is 2.81 bits per heavy atom. The number of anilines is 1. The van der Waals surface area contributed by atoms with E-state index in [0.717, 1.165) is 41.1 Å². The topological polar surface area (TPSA) is 72.8 Å². The first kappa shape index (κ1) is 19.4. The van der Waals surface area contributed by atoms with Crippen molar-refractivity contribution in [1.29, 1.82) is 5.26 Å². The van der Waals surface area contributed by atoms with Crippen LogP contribution in [0.4, 0.5) is 5.82 Å². The van der Waals surface area contributed by atoms with Gasteiger partial charge >= 0.3 is 0 Å². The summed E-state index contributed by atoms with van der Waals surface area (Å²) >= 11 is 5.38. The van der Waals surface area contributed by atoms with Crippen molar-refractivity contribution < 1.29 is 0 Å². The van der Waals surface area contributed by atoms with Crippen molar-refractivity contribution in [3.63, 3.8) is 0 Å². The largest absolute Gasteiger partial charge is 0.369 e. The van der Waals surface area contributed by atoms with Crippen LogP contribution in [0.5, 0.6) is 0 Å². The van der Waals surface area contributed by atoms with Crippen molar-refractivity contribution in [2.45, 2.75) is 51.5 Å². The second kappa shape index (κ2) is 9.52. The molecule has 0 unspecified atom stereocenters. The summed E-state index contributed by atoms with van der Waals surface area (Å²) in [6, 6.07) is 10.7. The van der Waals surface area contributed by atoms with Crippen LogP contribution in [0.2, 0.25) is 0 Å². The van der Waals surface area contributed by atoms with Crippen LogP contribution >= 0.6 is 12.2 Å². The molecule has 1 aromatic heterocycles. The molecular formula is C21H27N5S. The van der Waals surface area contributed by atoms with Gasteiger partial charge in [0, 0.05) is 24.5 Å². The maximum atomic E-state index is 9.40. The Balaban J connectivity index is 1.46. The zero-order chi connectivity index (χ0) is 19.1. The lowest BCUT2D eigenvalue weighted by atomic mass is 9.96. The van der Waals surface area contributed by atoms with E-state index in [1.54, 1.807) is 0 Å². The van der Waals surface area contributed by atoms with Crippen LogP contribution in [0.15, 0.2) is 24.3 Å². The monoisotopic (exact) mass is 381 g/mol. The summed E-state index contributed by atoms with van der Waals surface area (Å²) < 4.78 is 0. The van der Waals surface area contributed by atoms with E-state index in [1.807, 2.05) is 31.2 Å². The molecule has 1 aliphatic carbocycles. The van der Waals surface area contributed by atoms with E-state index in [9.17, 15) is 5.26 Å². The number of nitrogens with zero attached hydrogens (tertiary/aromatic N) is 2. The molecule has 0 amide bonds. The van der Waals surface area contributed by atoms with E-state index >= 15 is 0 Å². The third-order valence-corrected chi connectivity index (χ3v) is 5.23. The minimum absolute atomic E-state index is 0.528. The number of fused-ring (bicyclic) bond motifs is 1. The first-order valence-corrected chi connectivity index (χ1v) is 10.2. The third-order valence-electron chi connectivity index (χ3n) is 4.97. The van der Waals surface area contributed by atoms with Gasteiger partial charge in [0.15, 0.2) is 5.11 Å². The van der Waals surface area contributed by atoms with E-state index in [4.69, 9.17) is 12.2 Å². The van der Waals surface area contributed by atoms with Gasteiger partial charge in [-0.2, -0.15) is 5.26 Å². The van der Waals surface area contributed by atoms with Crippen molar-refractivity contribution in [1.82, 2.24) is 15.6 Å². The van der Waals surface area contributed by atoms with E-state index in [1.165, 1.54) is 32.1 Å². The Hall–Kier alpha value is -2.39. The van der Waals surface area contributed by atoms with Crippen LogP contribution in [-0.4, -0.2) is 29.2 Å². The standard InChI is InChI=1S/C21H27N5S/c1-15-8-9-16-13-17(14-22)20(26-19(16)12-15)23-10-5-11-24-21(27)25-18-6-3-2-4-7-18/h8-9,12-13,18H,2-7,10-11H2,1H3,(H,23,26)(H2,24,25,27). The zero-order valence-electron chi connectivity index (χ0n) is 15.8. The Labute approximate surface area is 166 Å². The molecule has 3 rings (SSSR count). The number of hydrogen-bond acceptors (Lipinski definition) is 4. The molecule has 142 valence electrons. The normalized spacial score (nSPS) is 14.5. The summed E-state index contributed by atoms with van der Waals surface area (Å²) in [6.45, 7) is 3.57. The molecule has 0 saturated heterocycles. The predicted octanol–water partition coefficient (Wildman–Crippen LogP) is 4.01. The summed E-state index contributed by atoms with van der Waals surface area (Å²) in [6.07, 6.45) is 7.26. The number of aryl methyl sites for hydroxylation is 1. The lowest BCUT2D eigenvalue weighted by Crippen LogP contribution is -2.43. The molecule has 3 N–H and O–H groups in total. The molecular weight excluding hydrogens is 354 g/mol. The molecule has 0 aliphatic heterocycles. The lowest BCUT2D eigenvalue weighted by Gasteiger charge is -2.24. The van der Waals surface area contributed by atoms with Crippen molar-refractivity contribution in [3.05, 3.63) is 35.4 Å². The van der Waals surface area contributed by atoms with E-state index < -0.39 is 0 Å². The number of nitriles is 1. The Morgan fingerprint density at radius 2 is 2.04 bits per heavy atom. The fourth-order valence-electron chi connectivity index (χ4n) is 3.48. The number of thiocarbonyl (C=S) groups is 1. The maximum Gasteiger partial charge on any atom is 0.166 e. The van der Waals surface area contributed by atoms with Gasteiger partial charge in [-0.25, -0.2) is 4.98 Å². The Bertz CT molecular complexity index is 836. The molecule has 0 radical (unpaired) electrons. The van der Waals surface area contributed by atoms with Crippen LogP contribution in [-0.2, 0) is 0 Å². The van der Waals surface area contributed by atoms with Gasteiger partial charge < -0.3 is 16.0 Å². The Kier molecular flexibility index (Phi) is 6.83. The molecule has 27 heavy (non-hydrogen) atoms. The van der Waals surface area contributed by atoms with E-state index in [-0.39, 0.29) is 0 Å². The second-order valence-corrected chi connectivity index (χ2v) is 7.62. The first-order chi connectivity index (χ1) is 13.2. The van der Waals surface area contributed by atoms with Crippen LogP contribution < -0.4 is 16.0 Å². The van der Waals surface area contributed by atoms with Gasteiger partial charge in [0.1, 0.15) is 11.9 Å². The average Bonchev–Trinajstić information content (AvgIpc) is 2.67. The van der Waals surface area contributed by atoms with Gasteiger partial charge in [0.05, 0.1) is 11.1 Å². The highest BCUT2D eigenvalue weighted by molar-refractivity contribution is 7.80. The summed E-state index contributed by atoms with van der Waals surface area (Å²) in [4.78, 5) is 4.62. The smallest absolute Gasteiger partial charge is 0.166 e. The fraction of sp³-hybridized carbons (Fsp3) is 0.476. The van der Waals surface area contributed by atoms with Crippen LogP contribution in [0.25, 0.3) is 10.9 Å². The maximum absolute atomic E-state index is 9.40. The minimum Gasteiger partial charge on any atom is -0.369 e. The highest BCUT2D eigenvalue weighted by atomic mass is 32.1. The molecule has 0 spiro atoms. The van der Waals surface area contributed by atoms with Crippen LogP contribution in [0.3, 0.4) is 0 Å². The minimum atomic E-state index is 0.528. The molecule has 0 atom stereocenters. The van der Waals surface area contributed by atoms with E-state index in [0.29, 0.717) is 17.4 Å². The van der Waals surface area contributed by atoms with Crippen molar-refractivity contribution in [3.8, 4) is 6.07 Å². The number of aromatic nitrogens is 1. The number of rotatable bonds is 6. The molecule has 0 bridgehead atoms. The third kappa shape index (κ3) is 5.54.